The molecule has 14 heteroatoms. The number of nitrogens with zero attached hydrogens (tertiary/aromatic N) is 3. The van der Waals surface area contributed by atoms with E-state index in [0.717, 1.165) is 10.9 Å². The molecule has 2 aromatic carbocycles. The number of aliphatic hydroxyl groups excluding tert-OH is 3. The average molecular weight is 538 g/mol. The van der Waals surface area contributed by atoms with Crippen molar-refractivity contribution in [2.45, 2.75) is 34.7 Å². The first-order valence-electron chi connectivity index (χ1n) is 9.67. The van der Waals surface area contributed by atoms with Gasteiger partial charge in [-0.15, -0.1) is 5.10 Å². The molecular formula is C20H16Cl2F3N3O5S. The fraction of sp³-hybridized carbons (Fsp3) is 0.300. The quantitative estimate of drug-likeness (QED) is 0.428. The number of ether oxygens (including phenoxy) is 1. The Kier molecular flexibility index (Phi) is 7.29. The molecule has 2 heterocycles. The van der Waals surface area contributed by atoms with Crippen LogP contribution < -0.4 is 0 Å². The van der Waals surface area contributed by atoms with E-state index in [2.05, 4.69) is 10.3 Å². The Labute approximate surface area is 202 Å². The molecule has 1 aromatic heterocycles. The maximum Gasteiger partial charge on any atom is 0.194 e. The Balaban J connectivity index is 1.68. The zero-order chi connectivity index (χ0) is 24.7. The maximum absolute atomic E-state index is 13.6. The van der Waals surface area contributed by atoms with Crippen LogP contribution in [0.1, 0.15) is 6.04 Å². The number of hydrogen-bond acceptors (Lipinski definition) is 7. The first-order valence-corrected chi connectivity index (χ1v) is 11.6. The maximum atomic E-state index is 13.6. The van der Waals surface area contributed by atoms with Gasteiger partial charge in [0, 0.05) is 10.5 Å². The molecule has 3 aromatic rings. The Morgan fingerprint density at radius 1 is 1.06 bits per heavy atom. The molecule has 1 aliphatic rings. The molecule has 3 N–H and O–H groups in total. The lowest BCUT2D eigenvalue weighted by Gasteiger charge is -2.41. The molecule has 1 saturated heterocycles. The van der Waals surface area contributed by atoms with Crippen molar-refractivity contribution in [2.24, 2.45) is 0 Å². The van der Waals surface area contributed by atoms with E-state index in [9.17, 15) is 32.7 Å². The first kappa shape index (κ1) is 25.0. The molecule has 182 valence electrons. The first-order chi connectivity index (χ1) is 16.1. The topological polar surface area (TPSA) is 118 Å². The van der Waals surface area contributed by atoms with E-state index in [-0.39, 0.29) is 26.2 Å². The second-order valence-corrected chi connectivity index (χ2v) is 9.75. The Bertz CT molecular complexity index is 1230. The minimum atomic E-state index is -2.03. The van der Waals surface area contributed by atoms with E-state index < -0.39 is 64.6 Å². The van der Waals surface area contributed by atoms with Crippen LogP contribution in [0.25, 0.3) is 11.3 Å². The van der Waals surface area contributed by atoms with Gasteiger partial charge in [0.15, 0.2) is 22.9 Å². The summed E-state index contributed by atoms with van der Waals surface area (Å²) in [6.07, 6.45) is -3.27. The molecule has 0 bridgehead atoms. The number of benzene rings is 2. The SMILES string of the molecule is O=S(c1ccc(Cl)c(Cl)c1)[C@H]1OC(CO)[C@H](O)C(n2cc(-c3cc(F)c(F)c(F)c3)nn2)C1O. The second kappa shape index (κ2) is 9.90. The van der Waals surface area contributed by atoms with Gasteiger partial charge in [-0.2, -0.15) is 0 Å². The van der Waals surface area contributed by atoms with Crippen molar-refractivity contribution >= 4 is 34.0 Å². The summed E-state index contributed by atoms with van der Waals surface area (Å²) in [6, 6.07) is 4.26. The van der Waals surface area contributed by atoms with Gasteiger partial charge in [-0.1, -0.05) is 28.4 Å². The molecule has 4 unspecified atom stereocenters. The molecule has 34 heavy (non-hydrogen) atoms. The highest BCUT2D eigenvalue weighted by atomic mass is 35.5. The fourth-order valence-electron chi connectivity index (χ4n) is 3.55. The van der Waals surface area contributed by atoms with Gasteiger partial charge >= 0.3 is 0 Å². The Hall–Kier alpha value is -2.06. The number of halogens is 5. The predicted octanol–water partition coefficient (Wildman–Crippen LogP) is 2.46. The van der Waals surface area contributed by atoms with Gasteiger partial charge in [0.25, 0.3) is 0 Å². The lowest BCUT2D eigenvalue weighted by Crippen LogP contribution is -2.57. The van der Waals surface area contributed by atoms with Gasteiger partial charge in [0.1, 0.15) is 30.0 Å². The van der Waals surface area contributed by atoms with Crippen molar-refractivity contribution in [3.05, 3.63) is 64.0 Å². The molecular weight excluding hydrogens is 522 g/mol. The minimum Gasteiger partial charge on any atom is -0.394 e. The summed E-state index contributed by atoms with van der Waals surface area (Å²) in [5.41, 5.74) is -1.67. The molecule has 1 aliphatic heterocycles. The highest BCUT2D eigenvalue weighted by Crippen LogP contribution is 2.35. The van der Waals surface area contributed by atoms with Crippen molar-refractivity contribution in [3.63, 3.8) is 0 Å². The summed E-state index contributed by atoms with van der Waals surface area (Å²) in [6.45, 7) is -0.685. The van der Waals surface area contributed by atoms with Crippen molar-refractivity contribution in [1.82, 2.24) is 15.0 Å². The van der Waals surface area contributed by atoms with E-state index in [1.807, 2.05) is 0 Å². The Morgan fingerprint density at radius 2 is 1.74 bits per heavy atom. The molecule has 0 aliphatic carbocycles. The summed E-state index contributed by atoms with van der Waals surface area (Å²) < 4.78 is 60.2. The zero-order valence-corrected chi connectivity index (χ0v) is 19.2. The van der Waals surface area contributed by atoms with E-state index in [0.29, 0.717) is 12.1 Å². The summed E-state index contributed by atoms with van der Waals surface area (Å²) in [4.78, 5) is 0.168. The van der Waals surface area contributed by atoms with E-state index in [1.54, 1.807) is 0 Å². The van der Waals surface area contributed by atoms with Gasteiger partial charge in [-0.25, -0.2) is 17.9 Å². The molecule has 0 saturated carbocycles. The fourth-order valence-corrected chi connectivity index (χ4v) is 5.28. The normalized spacial score (nSPS) is 25.9. The van der Waals surface area contributed by atoms with Crippen LogP contribution in [-0.2, 0) is 15.5 Å². The minimum absolute atomic E-state index is 0.0913. The molecule has 6 atom stereocenters. The van der Waals surface area contributed by atoms with E-state index in [4.69, 9.17) is 27.9 Å². The van der Waals surface area contributed by atoms with Crippen LogP contribution in [0.4, 0.5) is 13.2 Å². The number of hydrogen-bond donors (Lipinski definition) is 3. The molecule has 0 spiro atoms. The number of aliphatic hydroxyl groups is 3. The largest absolute Gasteiger partial charge is 0.394 e. The molecule has 1 fully saturated rings. The molecule has 0 radical (unpaired) electrons. The lowest BCUT2D eigenvalue weighted by atomic mass is 9.97. The monoisotopic (exact) mass is 537 g/mol. The smallest absolute Gasteiger partial charge is 0.194 e. The van der Waals surface area contributed by atoms with Crippen LogP contribution in [0.15, 0.2) is 41.4 Å². The van der Waals surface area contributed by atoms with Crippen molar-refractivity contribution < 1.29 is 37.4 Å². The average Bonchev–Trinajstić information content (AvgIpc) is 3.28. The van der Waals surface area contributed by atoms with E-state index in [1.165, 1.54) is 18.2 Å². The number of rotatable bonds is 5. The standard InChI is InChI=1S/C20H16Cl2F3N3O5S/c21-10-2-1-9(5-11(10)22)34(32)20-19(31)17(18(30)15(7-29)33-20)28-6-14(26-27-28)8-3-12(23)16(25)13(24)4-8/h1-6,15,17-20,29-31H,7H2/t15?,17?,18-,19?,20+,34?/m0/s1. The van der Waals surface area contributed by atoms with Crippen LogP contribution in [-0.4, -0.2) is 64.9 Å². The lowest BCUT2D eigenvalue weighted by molar-refractivity contribution is -0.179. The summed E-state index contributed by atoms with van der Waals surface area (Å²) in [5.74, 6) is -4.52. The highest BCUT2D eigenvalue weighted by Gasteiger charge is 2.48. The van der Waals surface area contributed by atoms with E-state index >= 15 is 0 Å². The van der Waals surface area contributed by atoms with Gasteiger partial charge in [0.05, 0.1) is 33.6 Å². The third-order valence-electron chi connectivity index (χ3n) is 5.28. The van der Waals surface area contributed by atoms with Crippen LogP contribution in [0.5, 0.6) is 0 Å². The summed E-state index contributed by atoms with van der Waals surface area (Å²) >= 11 is 11.9. The number of aromatic nitrogens is 3. The van der Waals surface area contributed by atoms with Crippen LogP contribution >= 0.6 is 23.2 Å². The van der Waals surface area contributed by atoms with Gasteiger partial charge in [-0.3, -0.25) is 4.21 Å². The molecule has 4 rings (SSSR count). The zero-order valence-electron chi connectivity index (χ0n) is 16.9. The summed E-state index contributed by atoms with van der Waals surface area (Å²) in [7, 11) is -2.03. The van der Waals surface area contributed by atoms with Gasteiger partial charge in [0.2, 0.25) is 0 Å². The van der Waals surface area contributed by atoms with Crippen LogP contribution in [0.2, 0.25) is 10.0 Å². The van der Waals surface area contributed by atoms with Crippen LogP contribution in [0, 0.1) is 17.5 Å². The molecule has 8 nitrogen and oxygen atoms in total. The van der Waals surface area contributed by atoms with Crippen LogP contribution in [0.3, 0.4) is 0 Å². The van der Waals surface area contributed by atoms with Crippen molar-refractivity contribution in [2.75, 3.05) is 6.61 Å². The second-order valence-electron chi connectivity index (χ2n) is 7.41. The van der Waals surface area contributed by atoms with Crippen molar-refractivity contribution in [3.8, 4) is 11.3 Å². The predicted molar refractivity (Wildman–Crippen MR) is 115 cm³/mol. The Morgan fingerprint density at radius 3 is 2.35 bits per heavy atom. The van der Waals surface area contributed by atoms with Gasteiger partial charge in [-0.05, 0) is 30.3 Å². The van der Waals surface area contributed by atoms with Gasteiger partial charge < -0.3 is 20.1 Å². The summed E-state index contributed by atoms with van der Waals surface area (Å²) in [5, 5.41) is 39.2. The molecule has 0 amide bonds. The van der Waals surface area contributed by atoms with Crippen molar-refractivity contribution in [1.29, 1.82) is 0 Å². The highest BCUT2D eigenvalue weighted by molar-refractivity contribution is 7.85. The third-order valence-corrected chi connectivity index (χ3v) is 7.55. The third kappa shape index (κ3) is 4.59.